The highest BCUT2D eigenvalue weighted by Crippen LogP contribution is 2.24. The van der Waals surface area contributed by atoms with Crippen molar-refractivity contribution in [3.63, 3.8) is 0 Å². The molecule has 0 saturated carbocycles. The SMILES string of the molecule is Cc1c(NC(=O)CNC(=O)NCc2ccco2)cccc1[N+](=O)[O-]. The standard InChI is InChI=1S/C15H16N4O5/c1-10-12(5-2-6-13(10)19(22)23)18-14(20)9-17-15(21)16-8-11-4-3-7-24-11/h2-7H,8-9H2,1H3,(H,18,20)(H2,16,17,21). The van der Waals surface area contributed by atoms with Crippen molar-refractivity contribution in [1.82, 2.24) is 10.6 Å². The molecule has 2 rings (SSSR count). The van der Waals surface area contributed by atoms with Gasteiger partial charge in [0.05, 0.1) is 35.5 Å². The summed E-state index contributed by atoms with van der Waals surface area (Å²) >= 11 is 0. The molecule has 126 valence electrons. The van der Waals surface area contributed by atoms with Crippen LogP contribution in [-0.2, 0) is 11.3 Å². The summed E-state index contributed by atoms with van der Waals surface area (Å²) in [6, 6.07) is 7.26. The summed E-state index contributed by atoms with van der Waals surface area (Å²) < 4.78 is 5.06. The van der Waals surface area contributed by atoms with Crippen molar-refractivity contribution in [3.05, 3.63) is 58.0 Å². The number of nitro groups is 1. The molecule has 9 heteroatoms. The van der Waals surface area contributed by atoms with Gasteiger partial charge in [0.1, 0.15) is 5.76 Å². The molecule has 1 aromatic carbocycles. The number of nitrogens with zero attached hydrogens (tertiary/aromatic N) is 1. The Hall–Kier alpha value is -3.36. The van der Waals surface area contributed by atoms with Gasteiger partial charge in [-0.2, -0.15) is 0 Å². The molecule has 2 aromatic rings. The Morgan fingerprint density at radius 3 is 2.67 bits per heavy atom. The van der Waals surface area contributed by atoms with Gasteiger partial charge in [-0.3, -0.25) is 14.9 Å². The first kappa shape index (κ1) is 17.0. The summed E-state index contributed by atoms with van der Waals surface area (Å²) in [6.07, 6.45) is 1.49. The van der Waals surface area contributed by atoms with Gasteiger partial charge in [-0.15, -0.1) is 0 Å². The van der Waals surface area contributed by atoms with Gasteiger partial charge in [0, 0.05) is 6.07 Å². The number of carbonyl (C=O) groups excluding carboxylic acids is 2. The van der Waals surface area contributed by atoms with E-state index in [1.54, 1.807) is 18.2 Å². The van der Waals surface area contributed by atoms with Crippen LogP contribution in [0.3, 0.4) is 0 Å². The Balaban J connectivity index is 1.82. The van der Waals surface area contributed by atoms with Crippen molar-refractivity contribution in [3.8, 4) is 0 Å². The van der Waals surface area contributed by atoms with Gasteiger partial charge >= 0.3 is 6.03 Å². The van der Waals surface area contributed by atoms with Crippen molar-refractivity contribution in [2.45, 2.75) is 13.5 Å². The van der Waals surface area contributed by atoms with E-state index in [-0.39, 0.29) is 18.8 Å². The second-order valence-corrected chi connectivity index (χ2v) is 4.87. The summed E-state index contributed by atoms with van der Waals surface area (Å²) in [5.74, 6) is 0.0913. The zero-order valence-electron chi connectivity index (χ0n) is 12.9. The van der Waals surface area contributed by atoms with E-state index in [1.807, 2.05) is 0 Å². The lowest BCUT2D eigenvalue weighted by atomic mass is 10.1. The average molecular weight is 332 g/mol. The highest BCUT2D eigenvalue weighted by atomic mass is 16.6. The Morgan fingerprint density at radius 1 is 1.21 bits per heavy atom. The third kappa shape index (κ3) is 4.57. The number of carbonyl (C=O) groups is 2. The van der Waals surface area contributed by atoms with E-state index in [2.05, 4.69) is 16.0 Å². The van der Waals surface area contributed by atoms with Crippen LogP contribution in [-0.4, -0.2) is 23.4 Å². The normalized spacial score (nSPS) is 10.0. The summed E-state index contributed by atoms with van der Waals surface area (Å²) in [5.41, 5.74) is 0.585. The molecule has 0 spiro atoms. The first-order valence-electron chi connectivity index (χ1n) is 7.05. The average Bonchev–Trinajstić information content (AvgIpc) is 3.06. The Kier molecular flexibility index (Phi) is 5.50. The van der Waals surface area contributed by atoms with Crippen LogP contribution in [0.25, 0.3) is 0 Å². The molecule has 0 saturated heterocycles. The molecule has 3 amide bonds. The number of furan rings is 1. The fraction of sp³-hybridized carbons (Fsp3) is 0.200. The lowest BCUT2D eigenvalue weighted by Crippen LogP contribution is -2.39. The molecule has 9 nitrogen and oxygen atoms in total. The number of benzene rings is 1. The minimum atomic E-state index is -0.530. The molecular formula is C15H16N4O5. The van der Waals surface area contributed by atoms with Crippen LogP contribution in [0.15, 0.2) is 41.0 Å². The number of anilines is 1. The fourth-order valence-corrected chi connectivity index (χ4v) is 1.95. The maximum atomic E-state index is 11.8. The van der Waals surface area contributed by atoms with Crippen LogP contribution in [0.1, 0.15) is 11.3 Å². The maximum absolute atomic E-state index is 11.8. The number of amides is 3. The number of nitrogens with one attached hydrogen (secondary N) is 3. The molecule has 24 heavy (non-hydrogen) atoms. The summed E-state index contributed by atoms with van der Waals surface area (Å²) in [4.78, 5) is 33.8. The molecular weight excluding hydrogens is 316 g/mol. The largest absolute Gasteiger partial charge is 0.467 e. The summed E-state index contributed by atoms with van der Waals surface area (Å²) in [5, 5.41) is 18.3. The lowest BCUT2D eigenvalue weighted by molar-refractivity contribution is -0.385. The number of hydrogen-bond donors (Lipinski definition) is 3. The highest BCUT2D eigenvalue weighted by molar-refractivity contribution is 5.95. The Labute approximate surface area is 137 Å². The van der Waals surface area contributed by atoms with E-state index in [4.69, 9.17) is 4.42 Å². The van der Waals surface area contributed by atoms with Gasteiger partial charge in [0.15, 0.2) is 0 Å². The van der Waals surface area contributed by atoms with Gasteiger partial charge in [-0.25, -0.2) is 4.79 Å². The molecule has 3 N–H and O–H groups in total. The van der Waals surface area contributed by atoms with Crippen molar-refractivity contribution in [1.29, 1.82) is 0 Å². The van der Waals surface area contributed by atoms with Crippen LogP contribution in [0.4, 0.5) is 16.2 Å². The molecule has 0 fully saturated rings. The molecule has 1 aromatic heterocycles. The highest BCUT2D eigenvalue weighted by Gasteiger charge is 2.15. The molecule has 1 heterocycles. The Morgan fingerprint density at radius 2 is 2.00 bits per heavy atom. The predicted molar refractivity (Wildman–Crippen MR) is 85.4 cm³/mol. The zero-order valence-corrected chi connectivity index (χ0v) is 12.9. The molecule has 0 aliphatic carbocycles. The van der Waals surface area contributed by atoms with E-state index in [9.17, 15) is 19.7 Å². The molecule has 0 unspecified atom stereocenters. The third-order valence-electron chi connectivity index (χ3n) is 3.19. The monoisotopic (exact) mass is 332 g/mol. The molecule has 0 aliphatic rings. The van der Waals surface area contributed by atoms with Crippen molar-refractivity contribution in [2.24, 2.45) is 0 Å². The zero-order chi connectivity index (χ0) is 17.5. The van der Waals surface area contributed by atoms with Gasteiger partial charge < -0.3 is 20.4 Å². The third-order valence-corrected chi connectivity index (χ3v) is 3.19. The second kappa shape index (κ2) is 7.77. The molecule has 0 radical (unpaired) electrons. The van der Waals surface area contributed by atoms with Crippen molar-refractivity contribution in [2.75, 3.05) is 11.9 Å². The predicted octanol–water partition coefficient (Wildman–Crippen LogP) is 1.93. The van der Waals surface area contributed by atoms with E-state index < -0.39 is 16.9 Å². The van der Waals surface area contributed by atoms with Gasteiger partial charge in [0.2, 0.25) is 5.91 Å². The smallest absolute Gasteiger partial charge is 0.315 e. The Bertz CT molecular complexity index is 742. The van der Waals surface area contributed by atoms with Crippen molar-refractivity contribution >= 4 is 23.3 Å². The van der Waals surface area contributed by atoms with E-state index in [0.29, 0.717) is 17.0 Å². The van der Waals surface area contributed by atoms with E-state index >= 15 is 0 Å². The van der Waals surface area contributed by atoms with Crippen LogP contribution < -0.4 is 16.0 Å². The van der Waals surface area contributed by atoms with Crippen LogP contribution in [0.5, 0.6) is 0 Å². The summed E-state index contributed by atoms with van der Waals surface area (Å²) in [6.45, 7) is 1.47. The minimum absolute atomic E-state index is 0.0862. The first-order chi connectivity index (χ1) is 11.5. The molecule has 0 bridgehead atoms. The number of hydrogen-bond acceptors (Lipinski definition) is 5. The van der Waals surface area contributed by atoms with E-state index in [1.165, 1.54) is 25.3 Å². The first-order valence-corrected chi connectivity index (χ1v) is 7.05. The number of urea groups is 1. The maximum Gasteiger partial charge on any atom is 0.315 e. The molecule has 0 aliphatic heterocycles. The van der Waals surface area contributed by atoms with Crippen molar-refractivity contribution < 1.29 is 18.9 Å². The van der Waals surface area contributed by atoms with Crippen LogP contribution in [0, 0.1) is 17.0 Å². The van der Waals surface area contributed by atoms with Crippen LogP contribution in [0.2, 0.25) is 0 Å². The van der Waals surface area contributed by atoms with E-state index in [0.717, 1.165) is 0 Å². The van der Waals surface area contributed by atoms with Crippen LogP contribution >= 0.6 is 0 Å². The number of rotatable bonds is 6. The van der Waals surface area contributed by atoms with Gasteiger partial charge in [-0.1, -0.05) is 6.07 Å². The van der Waals surface area contributed by atoms with Gasteiger partial charge in [0.25, 0.3) is 5.69 Å². The summed E-state index contributed by atoms with van der Waals surface area (Å²) in [7, 11) is 0. The minimum Gasteiger partial charge on any atom is -0.467 e. The van der Waals surface area contributed by atoms with Gasteiger partial charge in [-0.05, 0) is 25.1 Å². The number of nitro benzene ring substituents is 1. The topological polar surface area (TPSA) is 127 Å². The fourth-order valence-electron chi connectivity index (χ4n) is 1.95. The molecule has 0 atom stereocenters. The quantitative estimate of drug-likeness (QED) is 0.550. The lowest BCUT2D eigenvalue weighted by Gasteiger charge is -2.10. The second-order valence-electron chi connectivity index (χ2n) is 4.87.